The van der Waals surface area contributed by atoms with Gasteiger partial charge in [-0.25, -0.2) is 10.1 Å². The zero-order valence-corrected chi connectivity index (χ0v) is 17.7. The molecule has 0 aromatic heterocycles. The molecule has 0 saturated carbocycles. The fourth-order valence-electron chi connectivity index (χ4n) is 4.01. The van der Waals surface area contributed by atoms with Crippen LogP contribution in [0.15, 0.2) is 72.8 Å². The van der Waals surface area contributed by atoms with Gasteiger partial charge in [0.15, 0.2) is 5.78 Å². The first kappa shape index (κ1) is 21.7. The predicted octanol–water partition coefficient (Wildman–Crippen LogP) is 5.87. The molecule has 3 aromatic rings. The molecule has 0 saturated heterocycles. The summed E-state index contributed by atoms with van der Waals surface area (Å²) < 4.78 is 10.8. The van der Waals surface area contributed by atoms with Gasteiger partial charge in [0.25, 0.3) is 0 Å². The third-order valence-corrected chi connectivity index (χ3v) is 5.58. The Morgan fingerprint density at radius 3 is 2.38 bits per heavy atom. The molecule has 6 nitrogen and oxygen atoms in total. The summed E-state index contributed by atoms with van der Waals surface area (Å²) in [7, 11) is 0. The van der Waals surface area contributed by atoms with Crippen LogP contribution in [0.2, 0.25) is 0 Å². The summed E-state index contributed by atoms with van der Waals surface area (Å²) in [6.45, 7) is 2.13. The topological polar surface area (TPSA) is 82.1 Å². The van der Waals surface area contributed by atoms with E-state index in [2.05, 4.69) is 6.92 Å². The van der Waals surface area contributed by atoms with Gasteiger partial charge >= 0.3 is 11.9 Å². The van der Waals surface area contributed by atoms with Gasteiger partial charge in [0, 0.05) is 22.3 Å². The van der Waals surface area contributed by atoms with E-state index in [-0.39, 0.29) is 28.2 Å². The van der Waals surface area contributed by atoms with Crippen molar-refractivity contribution < 1.29 is 29.2 Å². The maximum Gasteiger partial charge on any atom is 0.517 e. The van der Waals surface area contributed by atoms with E-state index < -0.39 is 11.9 Å². The van der Waals surface area contributed by atoms with Gasteiger partial charge in [0.1, 0.15) is 5.75 Å². The van der Waals surface area contributed by atoms with Crippen LogP contribution in [0.4, 0.5) is 4.79 Å². The van der Waals surface area contributed by atoms with E-state index >= 15 is 0 Å². The van der Waals surface area contributed by atoms with Gasteiger partial charge in [-0.05, 0) is 36.6 Å². The van der Waals surface area contributed by atoms with E-state index in [1.165, 1.54) is 0 Å². The van der Waals surface area contributed by atoms with Gasteiger partial charge in [-0.3, -0.25) is 4.79 Å². The maximum atomic E-state index is 13.3. The first-order chi connectivity index (χ1) is 15.6. The van der Waals surface area contributed by atoms with Gasteiger partial charge < -0.3 is 9.47 Å². The Kier molecular flexibility index (Phi) is 6.35. The highest BCUT2D eigenvalue weighted by atomic mass is 17.2. The zero-order valence-electron chi connectivity index (χ0n) is 17.7. The number of unbranched alkanes of at least 4 members (excludes halogenated alkanes) is 2. The van der Waals surface area contributed by atoms with Crippen LogP contribution in [0.25, 0.3) is 0 Å². The fraction of sp³-hybridized carbons (Fsp3) is 0.231. The number of ketones is 1. The highest BCUT2D eigenvalue weighted by Gasteiger charge is 2.49. The lowest BCUT2D eigenvalue weighted by Gasteiger charge is -2.35. The molecule has 1 N–H and O–H groups in total. The van der Waals surface area contributed by atoms with Crippen LogP contribution >= 0.6 is 0 Å². The molecule has 0 radical (unpaired) electrons. The van der Waals surface area contributed by atoms with Crippen LogP contribution in [0, 0.1) is 0 Å². The molecule has 1 aliphatic rings. The van der Waals surface area contributed by atoms with E-state index in [1.54, 1.807) is 66.7 Å². The highest BCUT2D eigenvalue weighted by molar-refractivity contribution is 6.13. The number of carbonyl (C=O) groups is 2. The summed E-state index contributed by atoms with van der Waals surface area (Å²) in [4.78, 5) is 30.8. The number of benzene rings is 3. The Balaban J connectivity index is 1.75. The van der Waals surface area contributed by atoms with Crippen molar-refractivity contribution in [1.29, 1.82) is 0 Å². The Morgan fingerprint density at radius 1 is 0.906 bits per heavy atom. The van der Waals surface area contributed by atoms with Crippen molar-refractivity contribution in [2.75, 3.05) is 0 Å². The van der Waals surface area contributed by atoms with E-state index in [0.29, 0.717) is 5.56 Å². The van der Waals surface area contributed by atoms with Gasteiger partial charge in [-0.2, -0.15) is 4.89 Å². The second-order valence-corrected chi connectivity index (χ2v) is 7.69. The molecule has 3 aromatic carbocycles. The van der Waals surface area contributed by atoms with Crippen LogP contribution in [-0.4, -0.2) is 17.2 Å². The molecule has 4 rings (SSSR count). The van der Waals surface area contributed by atoms with Crippen molar-refractivity contribution in [2.45, 2.75) is 38.4 Å². The maximum absolute atomic E-state index is 13.3. The molecule has 0 aliphatic heterocycles. The van der Waals surface area contributed by atoms with Crippen LogP contribution in [-0.2, 0) is 21.8 Å². The zero-order chi connectivity index (χ0) is 22.6. The third-order valence-electron chi connectivity index (χ3n) is 5.58. The Labute approximate surface area is 186 Å². The Bertz CT molecular complexity index is 1120. The number of aryl methyl sites for hydroxylation is 1. The average Bonchev–Trinajstić information content (AvgIpc) is 2.82. The number of hydrogen-bond acceptors (Lipinski definition) is 6. The summed E-state index contributed by atoms with van der Waals surface area (Å²) >= 11 is 0. The van der Waals surface area contributed by atoms with Crippen molar-refractivity contribution in [3.8, 4) is 5.75 Å². The minimum absolute atomic E-state index is 0.222. The molecule has 0 heterocycles. The van der Waals surface area contributed by atoms with Crippen LogP contribution < -0.4 is 4.74 Å². The molecule has 0 fully saturated rings. The summed E-state index contributed by atoms with van der Waals surface area (Å²) in [6.07, 6.45) is 2.93. The van der Waals surface area contributed by atoms with Crippen LogP contribution in [0.3, 0.4) is 0 Å². The normalized spacial score (nSPS) is 16.8. The molecule has 1 aliphatic carbocycles. The van der Waals surface area contributed by atoms with Crippen molar-refractivity contribution in [1.82, 2.24) is 0 Å². The summed E-state index contributed by atoms with van der Waals surface area (Å²) in [5.41, 5.74) is 2.06. The first-order valence-electron chi connectivity index (χ1n) is 10.6. The van der Waals surface area contributed by atoms with Crippen molar-refractivity contribution in [3.63, 3.8) is 0 Å². The lowest BCUT2D eigenvalue weighted by molar-refractivity contribution is -0.382. The molecule has 0 amide bonds. The highest BCUT2D eigenvalue weighted by Crippen LogP contribution is 2.43. The molecule has 0 spiro atoms. The van der Waals surface area contributed by atoms with E-state index in [9.17, 15) is 14.8 Å². The van der Waals surface area contributed by atoms with E-state index in [0.717, 1.165) is 31.2 Å². The van der Waals surface area contributed by atoms with E-state index in [4.69, 9.17) is 14.4 Å². The molecule has 1 unspecified atom stereocenters. The molecular formula is C26H24O6. The number of fused-ring (bicyclic) bond motifs is 2. The molecule has 164 valence electrons. The summed E-state index contributed by atoms with van der Waals surface area (Å²) in [5, 5.41) is 10.0. The van der Waals surface area contributed by atoms with Crippen LogP contribution in [0.5, 0.6) is 5.75 Å². The molecular weight excluding hydrogens is 408 g/mol. The molecule has 1 atom stereocenters. The Morgan fingerprint density at radius 2 is 1.62 bits per heavy atom. The second-order valence-electron chi connectivity index (χ2n) is 7.69. The van der Waals surface area contributed by atoms with Crippen molar-refractivity contribution >= 4 is 11.9 Å². The number of para-hydroxylation sites is 1. The minimum Gasteiger partial charge on any atom is -0.395 e. The quantitative estimate of drug-likeness (QED) is 0.126. The number of hydrogen-bond donors (Lipinski definition) is 1. The SMILES string of the molecule is CCCCCc1ccc2c(c1)C(=O)c1ccccc1C2(OO)OC(=O)Oc1ccccc1. The predicted molar refractivity (Wildman–Crippen MR) is 118 cm³/mol. The molecule has 6 heteroatoms. The van der Waals surface area contributed by atoms with Gasteiger partial charge in [-0.1, -0.05) is 74.4 Å². The first-order valence-corrected chi connectivity index (χ1v) is 10.6. The largest absolute Gasteiger partial charge is 0.517 e. The fourth-order valence-corrected chi connectivity index (χ4v) is 4.01. The number of carbonyl (C=O) groups excluding carboxylic acids is 2. The van der Waals surface area contributed by atoms with E-state index in [1.807, 2.05) is 6.07 Å². The van der Waals surface area contributed by atoms with Gasteiger partial charge in [-0.15, -0.1) is 0 Å². The minimum atomic E-state index is -2.03. The second kappa shape index (κ2) is 9.34. The monoisotopic (exact) mass is 432 g/mol. The summed E-state index contributed by atoms with van der Waals surface area (Å²) in [6, 6.07) is 20.3. The van der Waals surface area contributed by atoms with Gasteiger partial charge in [0.2, 0.25) is 0 Å². The van der Waals surface area contributed by atoms with Gasteiger partial charge in [0.05, 0.1) is 0 Å². The molecule has 32 heavy (non-hydrogen) atoms. The molecule has 0 bridgehead atoms. The van der Waals surface area contributed by atoms with Crippen molar-refractivity contribution in [3.05, 3.63) is 101 Å². The number of ether oxygens (including phenoxy) is 2. The van der Waals surface area contributed by atoms with Crippen LogP contribution in [0.1, 0.15) is 58.8 Å². The number of rotatable bonds is 7. The smallest absolute Gasteiger partial charge is 0.395 e. The average molecular weight is 432 g/mol. The standard InChI is InChI=1S/C26H24O6/c1-2-3-5-10-18-15-16-23-21(17-18)24(27)20-13-8-9-14-22(20)26(23,32-29)31-25(28)30-19-11-6-4-7-12-19/h4,6-9,11-17,29H,2-3,5,10H2,1H3. The third kappa shape index (κ3) is 4.02. The lowest BCUT2D eigenvalue weighted by Crippen LogP contribution is -2.42. The summed E-state index contributed by atoms with van der Waals surface area (Å²) in [5.74, 6) is -1.98. The van der Waals surface area contributed by atoms with Crippen molar-refractivity contribution in [2.24, 2.45) is 0 Å². The Hall–Kier alpha value is -3.48. The lowest BCUT2D eigenvalue weighted by atomic mass is 9.79.